The summed E-state index contributed by atoms with van der Waals surface area (Å²) < 4.78 is 18.2. The van der Waals surface area contributed by atoms with E-state index in [1.807, 2.05) is 11.0 Å². The molecule has 0 bridgehead atoms. The van der Waals surface area contributed by atoms with E-state index in [1.54, 1.807) is 12.1 Å². The van der Waals surface area contributed by atoms with E-state index in [9.17, 15) is 24.6 Å². The Morgan fingerprint density at radius 1 is 1.23 bits per heavy atom. The third-order valence-corrected chi connectivity index (χ3v) is 4.83. The maximum absolute atomic E-state index is 13.1. The zero-order chi connectivity index (χ0) is 22.4. The smallest absolute Gasteiger partial charge is 0.273 e. The summed E-state index contributed by atoms with van der Waals surface area (Å²) in [5.41, 5.74) is 0.856. The van der Waals surface area contributed by atoms with Gasteiger partial charge < -0.3 is 19.9 Å². The van der Waals surface area contributed by atoms with Gasteiger partial charge in [-0.2, -0.15) is 5.26 Å². The number of benzene rings is 2. The van der Waals surface area contributed by atoms with Crippen LogP contribution in [0.3, 0.4) is 0 Å². The largest absolute Gasteiger partial charge is 0.494 e. The van der Waals surface area contributed by atoms with Gasteiger partial charge >= 0.3 is 0 Å². The summed E-state index contributed by atoms with van der Waals surface area (Å²) >= 11 is 0. The van der Waals surface area contributed by atoms with Gasteiger partial charge in [-0.3, -0.25) is 14.9 Å². The molecule has 0 unspecified atom stereocenters. The number of methoxy groups -OCH3 is 1. The van der Waals surface area contributed by atoms with Crippen LogP contribution >= 0.6 is 0 Å². The van der Waals surface area contributed by atoms with Crippen molar-refractivity contribution in [3.05, 3.63) is 70.2 Å². The SMILES string of the molecule is COc1cc([N+](=O)[O-])ccc1NC(=O)/C(C#N)=C\N1CCN(c2ccc(F)cc2)CC1. The summed E-state index contributed by atoms with van der Waals surface area (Å²) in [6, 6.07) is 11.9. The van der Waals surface area contributed by atoms with Gasteiger partial charge in [0.15, 0.2) is 0 Å². The number of carbonyl (C=O) groups is 1. The van der Waals surface area contributed by atoms with Crippen molar-refractivity contribution in [3.63, 3.8) is 0 Å². The maximum atomic E-state index is 13.1. The van der Waals surface area contributed by atoms with Crippen molar-refractivity contribution in [2.24, 2.45) is 0 Å². The molecule has 0 radical (unpaired) electrons. The molecule has 0 aliphatic carbocycles. The molecule has 0 spiro atoms. The van der Waals surface area contributed by atoms with Crippen LogP contribution in [0.25, 0.3) is 0 Å². The zero-order valence-electron chi connectivity index (χ0n) is 16.7. The molecular formula is C21H20FN5O4. The fourth-order valence-corrected chi connectivity index (χ4v) is 3.17. The van der Waals surface area contributed by atoms with Gasteiger partial charge in [0.1, 0.15) is 23.2 Å². The molecule has 0 saturated carbocycles. The summed E-state index contributed by atoms with van der Waals surface area (Å²) in [7, 11) is 1.33. The van der Waals surface area contributed by atoms with Crippen LogP contribution in [0.2, 0.25) is 0 Å². The Balaban J connectivity index is 1.65. The Labute approximate surface area is 178 Å². The fraction of sp³-hybridized carbons (Fsp3) is 0.238. The Bertz CT molecular complexity index is 1040. The van der Waals surface area contributed by atoms with E-state index in [4.69, 9.17) is 4.74 Å². The van der Waals surface area contributed by atoms with E-state index in [1.165, 1.54) is 43.6 Å². The first-order chi connectivity index (χ1) is 14.9. The molecule has 0 atom stereocenters. The molecule has 1 saturated heterocycles. The number of rotatable bonds is 6. The van der Waals surface area contributed by atoms with Gasteiger partial charge in [-0.1, -0.05) is 0 Å². The van der Waals surface area contributed by atoms with Crippen molar-refractivity contribution in [1.82, 2.24) is 4.90 Å². The predicted octanol–water partition coefficient (Wildman–Crippen LogP) is 2.91. The Morgan fingerprint density at radius 2 is 1.90 bits per heavy atom. The molecule has 3 rings (SSSR count). The number of carbonyl (C=O) groups excluding carboxylic acids is 1. The number of nitro groups is 1. The summed E-state index contributed by atoms with van der Waals surface area (Å²) in [5, 5.41) is 22.9. The molecule has 9 nitrogen and oxygen atoms in total. The van der Waals surface area contributed by atoms with Gasteiger partial charge in [0.25, 0.3) is 11.6 Å². The highest BCUT2D eigenvalue weighted by Crippen LogP contribution is 2.29. The summed E-state index contributed by atoms with van der Waals surface area (Å²) in [4.78, 5) is 26.8. The molecule has 1 heterocycles. The lowest BCUT2D eigenvalue weighted by molar-refractivity contribution is -0.384. The van der Waals surface area contributed by atoms with E-state index in [2.05, 4.69) is 10.2 Å². The predicted molar refractivity (Wildman–Crippen MR) is 112 cm³/mol. The third kappa shape index (κ3) is 5.27. The lowest BCUT2D eigenvalue weighted by Crippen LogP contribution is -2.44. The second-order valence-electron chi connectivity index (χ2n) is 6.75. The molecule has 0 aromatic heterocycles. The highest BCUT2D eigenvalue weighted by atomic mass is 19.1. The van der Waals surface area contributed by atoms with Crippen LogP contribution in [0.4, 0.5) is 21.5 Å². The minimum Gasteiger partial charge on any atom is -0.494 e. The minimum absolute atomic E-state index is 0.101. The zero-order valence-corrected chi connectivity index (χ0v) is 16.7. The number of non-ortho nitro benzene ring substituents is 1. The average Bonchev–Trinajstić information content (AvgIpc) is 2.78. The molecule has 1 N–H and O–H groups in total. The number of nitro benzene ring substituents is 1. The fourth-order valence-electron chi connectivity index (χ4n) is 3.17. The molecule has 10 heteroatoms. The monoisotopic (exact) mass is 425 g/mol. The van der Waals surface area contributed by atoms with Crippen molar-refractivity contribution in [2.75, 3.05) is 43.5 Å². The highest BCUT2D eigenvalue weighted by Gasteiger charge is 2.19. The van der Waals surface area contributed by atoms with Gasteiger partial charge in [0, 0.05) is 44.1 Å². The van der Waals surface area contributed by atoms with Gasteiger partial charge in [0.05, 0.1) is 23.8 Å². The van der Waals surface area contributed by atoms with Crippen LogP contribution in [0.15, 0.2) is 54.2 Å². The van der Waals surface area contributed by atoms with Crippen molar-refractivity contribution >= 4 is 23.0 Å². The first-order valence-electron chi connectivity index (χ1n) is 9.41. The van der Waals surface area contributed by atoms with Crippen LogP contribution in [-0.2, 0) is 4.79 Å². The Kier molecular flexibility index (Phi) is 6.67. The maximum Gasteiger partial charge on any atom is 0.273 e. The van der Waals surface area contributed by atoms with Crippen LogP contribution in [0.1, 0.15) is 0 Å². The number of nitrogens with one attached hydrogen (secondary N) is 1. The lowest BCUT2D eigenvalue weighted by Gasteiger charge is -2.35. The van der Waals surface area contributed by atoms with Crippen LogP contribution in [0.5, 0.6) is 5.75 Å². The Hall–Kier alpha value is -4.13. The van der Waals surface area contributed by atoms with Gasteiger partial charge in [-0.25, -0.2) is 4.39 Å². The number of hydrogen-bond donors (Lipinski definition) is 1. The molecule has 1 amide bonds. The molecule has 160 valence electrons. The van der Waals surface area contributed by atoms with Gasteiger partial charge in [-0.05, 0) is 30.3 Å². The summed E-state index contributed by atoms with van der Waals surface area (Å²) in [6.07, 6.45) is 1.50. The molecule has 1 fully saturated rings. The number of hydrogen-bond acceptors (Lipinski definition) is 7. The summed E-state index contributed by atoms with van der Waals surface area (Å²) in [5.74, 6) is -0.817. The number of anilines is 2. The second kappa shape index (κ2) is 9.58. The standard InChI is InChI=1S/C21H20FN5O4/c1-31-20-12-18(27(29)30)6-7-19(20)24-21(28)15(13-23)14-25-8-10-26(11-9-25)17-4-2-16(22)3-5-17/h2-7,12,14H,8-11H2,1H3,(H,24,28)/b15-14-. The first kappa shape index (κ1) is 21.6. The molecule has 1 aliphatic rings. The number of nitriles is 1. The topological polar surface area (TPSA) is 112 Å². The van der Waals surface area contributed by atoms with Crippen LogP contribution < -0.4 is 15.0 Å². The lowest BCUT2D eigenvalue weighted by atomic mass is 10.2. The van der Waals surface area contributed by atoms with E-state index in [-0.39, 0.29) is 28.5 Å². The number of amides is 1. The molecule has 2 aromatic rings. The number of piperazine rings is 1. The minimum atomic E-state index is -0.643. The number of nitrogens with zero attached hydrogens (tertiary/aromatic N) is 4. The van der Waals surface area contributed by atoms with E-state index in [0.717, 1.165) is 5.69 Å². The second-order valence-corrected chi connectivity index (χ2v) is 6.75. The van der Waals surface area contributed by atoms with Crippen LogP contribution in [-0.4, -0.2) is 49.0 Å². The molecule has 31 heavy (non-hydrogen) atoms. The van der Waals surface area contributed by atoms with Crippen molar-refractivity contribution in [3.8, 4) is 11.8 Å². The Morgan fingerprint density at radius 3 is 2.48 bits per heavy atom. The van der Waals surface area contributed by atoms with Crippen molar-refractivity contribution in [1.29, 1.82) is 5.26 Å². The quantitative estimate of drug-likeness (QED) is 0.328. The number of halogens is 1. The van der Waals surface area contributed by atoms with E-state index >= 15 is 0 Å². The van der Waals surface area contributed by atoms with Crippen molar-refractivity contribution < 1.29 is 18.8 Å². The molecule has 1 aliphatic heterocycles. The molecule has 2 aromatic carbocycles. The van der Waals surface area contributed by atoms with E-state index < -0.39 is 10.8 Å². The first-order valence-corrected chi connectivity index (χ1v) is 9.41. The summed E-state index contributed by atoms with van der Waals surface area (Å²) in [6.45, 7) is 2.46. The third-order valence-electron chi connectivity index (χ3n) is 4.83. The van der Waals surface area contributed by atoms with Crippen molar-refractivity contribution in [2.45, 2.75) is 0 Å². The van der Waals surface area contributed by atoms with Crippen LogP contribution in [0, 0.1) is 27.3 Å². The van der Waals surface area contributed by atoms with Gasteiger partial charge in [-0.15, -0.1) is 0 Å². The number of ether oxygens (including phenoxy) is 1. The van der Waals surface area contributed by atoms with E-state index in [0.29, 0.717) is 26.2 Å². The normalized spacial score (nSPS) is 14.0. The molecular weight excluding hydrogens is 405 g/mol. The van der Waals surface area contributed by atoms with Gasteiger partial charge in [0.2, 0.25) is 0 Å². The highest BCUT2D eigenvalue weighted by molar-refractivity contribution is 6.07. The average molecular weight is 425 g/mol.